The van der Waals surface area contributed by atoms with E-state index in [0.29, 0.717) is 0 Å². The lowest BCUT2D eigenvalue weighted by molar-refractivity contribution is 0.558. The van der Waals surface area contributed by atoms with Crippen molar-refractivity contribution < 1.29 is 4.79 Å². The molecule has 0 aliphatic carbocycles. The number of allylic oxidation sites excluding steroid dienone is 1. The van der Waals surface area contributed by atoms with Gasteiger partial charge in [-0.05, 0) is 43.6 Å². The molecule has 0 rings (SSSR count). The summed E-state index contributed by atoms with van der Waals surface area (Å²) in [6.07, 6.45) is 24.1. The number of rotatable bonds is 17. The average molecular weight is 357 g/mol. The zero-order chi connectivity index (χ0) is 19.0. The molecule has 0 heterocycles. The highest BCUT2D eigenvalue weighted by Gasteiger charge is 1.92. The fourth-order valence-corrected chi connectivity index (χ4v) is 2.96. The number of hydrogen-bond donors (Lipinski definition) is 0. The van der Waals surface area contributed by atoms with Crippen molar-refractivity contribution in [2.75, 3.05) is 0 Å². The molecule has 0 bridgehead atoms. The summed E-state index contributed by atoms with van der Waals surface area (Å²) in [5, 5.41) is 0. The van der Waals surface area contributed by atoms with Crippen LogP contribution >= 0.6 is 0 Å². The molecule has 0 aromatic rings. The zero-order valence-corrected chi connectivity index (χ0v) is 17.2. The second-order valence-electron chi connectivity index (χ2n) is 7.16. The third-order valence-corrected chi connectivity index (χ3v) is 4.63. The summed E-state index contributed by atoms with van der Waals surface area (Å²) in [5.74, 6) is 14.1. The van der Waals surface area contributed by atoms with Crippen LogP contribution in [0.2, 0.25) is 0 Å². The van der Waals surface area contributed by atoms with Crippen LogP contribution in [0.25, 0.3) is 0 Å². The van der Waals surface area contributed by atoms with E-state index in [-0.39, 0.29) is 0 Å². The molecule has 0 saturated carbocycles. The van der Waals surface area contributed by atoms with Gasteiger partial charge in [0.15, 0.2) is 0 Å². The first-order valence-electron chi connectivity index (χ1n) is 11.1. The lowest BCUT2D eigenvalue weighted by Gasteiger charge is -2.00. The first-order valence-corrected chi connectivity index (χ1v) is 11.1. The van der Waals surface area contributed by atoms with Crippen molar-refractivity contribution in [3.63, 3.8) is 0 Å². The minimum absolute atomic E-state index is 0.873. The minimum Gasteiger partial charge on any atom is -0.234 e. The van der Waals surface area contributed by atoms with Gasteiger partial charge >= 0.3 is 0 Å². The van der Waals surface area contributed by atoms with Gasteiger partial charge in [0, 0.05) is 12.8 Å². The van der Waals surface area contributed by atoms with Crippen LogP contribution in [0.1, 0.15) is 122 Å². The molecule has 0 unspecified atom stereocenters. The molecule has 0 N–H and O–H groups in total. The Labute approximate surface area is 163 Å². The highest BCUT2D eigenvalue weighted by atomic mass is 16.1. The van der Waals surface area contributed by atoms with E-state index in [1.54, 1.807) is 6.08 Å². The molecular formula is C25H40O. The summed E-state index contributed by atoms with van der Waals surface area (Å²) in [4.78, 5) is 10.0. The topological polar surface area (TPSA) is 17.1 Å². The van der Waals surface area contributed by atoms with Crippen molar-refractivity contribution in [2.45, 2.75) is 122 Å². The van der Waals surface area contributed by atoms with E-state index < -0.39 is 0 Å². The van der Waals surface area contributed by atoms with Crippen LogP contribution in [-0.4, -0.2) is 5.94 Å². The molecule has 0 spiro atoms. The Bertz CT molecular complexity index is 448. The molecule has 0 aliphatic rings. The molecule has 0 saturated heterocycles. The molecule has 0 atom stereocenters. The van der Waals surface area contributed by atoms with Crippen molar-refractivity contribution in [3.8, 4) is 23.7 Å². The maximum Gasteiger partial charge on any atom is 0.120 e. The van der Waals surface area contributed by atoms with Gasteiger partial charge in [0.25, 0.3) is 0 Å². The summed E-state index contributed by atoms with van der Waals surface area (Å²) in [5.41, 5.74) is 0. The lowest BCUT2D eigenvalue weighted by Crippen LogP contribution is -1.81. The number of hydrogen-bond acceptors (Lipinski definition) is 1. The van der Waals surface area contributed by atoms with Gasteiger partial charge in [-0.25, -0.2) is 4.79 Å². The highest BCUT2D eigenvalue weighted by molar-refractivity contribution is 5.44. The lowest BCUT2D eigenvalue weighted by atomic mass is 10.1. The molecule has 26 heavy (non-hydrogen) atoms. The van der Waals surface area contributed by atoms with Gasteiger partial charge in [-0.15, -0.1) is 0 Å². The van der Waals surface area contributed by atoms with Gasteiger partial charge in [-0.2, -0.15) is 0 Å². The van der Waals surface area contributed by atoms with E-state index in [4.69, 9.17) is 0 Å². The molecule has 0 fully saturated rings. The predicted octanol–water partition coefficient (Wildman–Crippen LogP) is 7.42. The number of unbranched alkanes of at least 4 members (excludes halogenated alkanes) is 16. The molecule has 0 aromatic carbocycles. The highest BCUT2D eigenvalue weighted by Crippen LogP contribution is 2.11. The van der Waals surface area contributed by atoms with Crippen molar-refractivity contribution in [2.24, 2.45) is 0 Å². The van der Waals surface area contributed by atoms with Crippen molar-refractivity contribution in [1.82, 2.24) is 0 Å². The van der Waals surface area contributed by atoms with Gasteiger partial charge in [0.2, 0.25) is 0 Å². The standard InChI is InChI=1S/C25H40O/c1-2-3-4-5-6-7-8-9-10-11-12-13-14-15-16-17-18-19-20-21-22-23-24-25-26/h24H,2-12,17-23H2,1H3. The Morgan fingerprint density at radius 3 is 1.46 bits per heavy atom. The quantitative estimate of drug-likeness (QED) is 0.150. The van der Waals surface area contributed by atoms with Crippen molar-refractivity contribution in [1.29, 1.82) is 0 Å². The third-order valence-electron chi connectivity index (χ3n) is 4.63. The summed E-state index contributed by atoms with van der Waals surface area (Å²) in [6, 6.07) is 0. The Morgan fingerprint density at radius 2 is 1.00 bits per heavy atom. The molecule has 146 valence electrons. The van der Waals surface area contributed by atoms with Gasteiger partial charge in [-0.3, -0.25) is 0 Å². The first kappa shape index (κ1) is 24.6. The molecule has 1 heteroatoms. The maximum atomic E-state index is 10.0. The monoisotopic (exact) mass is 356 g/mol. The summed E-state index contributed by atoms with van der Waals surface area (Å²) < 4.78 is 0. The third kappa shape index (κ3) is 22.6. The van der Waals surface area contributed by atoms with Crippen LogP contribution in [0.5, 0.6) is 0 Å². The summed E-state index contributed by atoms with van der Waals surface area (Å²) in [6.45, 7) is 2.27. The van der Waals surface area contributed by atoms with E-state index in [1.165, 1.54) is 83.5 Å². The van der Waals surface area contributed by atoms with Gasteiger partial charge in [0.05, 0.1) is 0 Å². The fraction of sp³-hybridized carbons (Fsp3) is 0.760. The maximum absolute atomic E-state index is 10.0. The normalized spacial score (nSPS) is 9.58. The summed E-state index contributed by atoms with van der Waals surface area (Å²) in [7, 11) is 0. The largest absolute Gasteiger partial charge is 0.234 e. The van der Waals surface area contributed by atoms with Crippen LogP contribution in [0.4, 0.5) is 0 Å². The smallest absolute Gasteiger partial charge is 0.120 e. The average Bonchev–Trinajstić information content (AvgIpc) is 2.66. The van der Waals surface area contributed by atoms with E-state index >= 15 is 0 Å². The van der Waals surface area contributed by atoms with Crippen LogP contribution in [0.3, 0.4) is 0 Å². The molecule has 0 aromatic heterocycles. The van der Waals surface area contributed by atoms with Crippen LogP contribution in [0, 0.1) is 23.7 Å². The second kappa shape index (κ2) is 23.6. The fourth-order valence-electron chi connectivity index (χ4n) is 2.96. The first-order chi connectivity index (χ1) is 12.9. The molecule has 0 radical (unpaired) electrons. The van der Waals surface area contributed by atoms with Crippen LogP contribution in [-0.2, 0) is 4.79 Å². The molecule has 0 aliphatic heterocycles. The molecule has 1 nitrogen and oxygen atoms in total. The Kier molecular flexibility index (Phi) is 22.3. The van der Waals surface area contributed by atoms with E-state index in [0.717, 1.165) is 32.1 Å². The van der Waals surface area contributed by atoms with Crippen LogP contribution < -0.4 is 0 Å². The predicted molar refractivity (Wildman–Crippen MR) is 115 cm³/mol. The second-order valence-corrected chi connectivity index (χ2v) is 7.16. The van der Waals surface area contributed by atoms with Gasteiger partial charge in [-0.1, -0.05) is 95.8 Å². The van der Waals surface area contributed by atoms with Crippen molar-refractivity contribution in [3.05, 3.63) is 6.08 Å². The Balaban J connectivity index is 3.25. The Morgan fingerprint density at radius 1 is 0.577 bits per heavy atom. The van der Waals surface area contributed by atoms with E-state index in [2.05, 4.69) is 30.6 Å². The van der Waals surface area contributed by atoms with Crippen LogP contribution in [0.15, 0.2) is 6.08 Å². The van der Waals surface area contributed by atoms with Gasteiger partial charge < -0.3 is 0 Å². The van der Waals surface area contributed by atoms with Crippen molar-refractivity contribution >= 4 is 5.94 Å². The van der Waals surface area contributed by atoms with Gasteiger partial charge in [0.1, 0.15) is 5.94 Å². The van der Waals surface area contributed by atoms with E-state index in [1.807, 2.05) is 5.94 Å². The molecule has 0 amide bonds. The SMILES string of the molecule is CCCCCCCCCCCCC#CC#CCCCCCCCC=C=O. The Hall–Kier alpha value is -1.43. The summed E-state index contributed by atoms with van der Waals surface area (Å²) >= 11 is 0. The van der Waals surface area contributed by atoms with E-state index in [9.17, 15) is 4.79 Å². The minimum atomic E-state index is 0.873. The number of carbonyl (C=O) groups excluding carboxylic acids is 1. The molecular weight excluding hydrogens is 316 g/mol. The zero-order valence-electron chi connectivity index (χ0n) is 17.2.